The summed E-state index contributed by atoms with van der Waals surface area (Å²) in [5.41, 5.74) is 4.84. The highest BCUT2D eigenvalue weighted by Crippen LogP contribution is 2.36. The van der Waals surface area contributed by atoms with Gasteiger partial charge in [0.05, 0.1) is 17.6 Å². The van der Waals surface area contributed by atoms with Gasteiger partial charge in [0, 0.05) is 60.4 Å². The summed E-state index contributed by atoms with van der Waals surface area (Å²) in [6.45, 7) is 4.61. The van der Waals surface area contributed by atoms with Crippen LogP contribution in [0.5, 0.6) is 11.8 Å². The highest BCUT2D eigenvalue weighted by atomic mass is 35.5. The molecule has 0 amide bonds. The van der Waals surface area contributed by atoms with Crippen LogP contribution in [-0.2, 0) is 13.1 Å². The lowest BCUT2D eigenvalue weighted by Crippen LogP contribution is -2.25. The van der Waals surface area contributed by atoms with Crippen molar-refractivity contribution in [3.8, 4) is 17.4 Å². The van der Waals surface area contributed by atoms with Crippen LogP contribution in [0.2, 0.25) is 5.02 Å². The predicted octanol–water partition coefficient (Wildman–Crippen LogP) is 4.92. The van der Waals surface area contributed by atoms with E-state index in [9.17, 15) is 4.39 Å². The van der Waals surface area contributed by atoms with E-state index in [1.165, 1.54) is 6.07 Å². The molecule has 8 heteroatoms. The Balaban J connectivity index is 1.49. The van der Waals surface area contributed by atoms with Crippen LogP contribution in [0.15, 0.2) is 48.9 Å². The highest BCUT2D eigenvalue weighted by Gasteiger charge is 2.20. The largest absolute Gasteiger partial charge is 0.490 e. The predicted molar refractivity (Wildman–Crippen MR) is 121 cm³/mol. The molecule has 1 aliphatic rings. The molecule has 2 aromatic carbocycles. The molecular formula is C24H22ClFN4O2. The van der Waals surface area contributed by atoms with E-state index in [2.05, 4.69) is 20.9 Å². The van der Waals surface area contributed by atoms with Crippen molar-refractivity contribution < 1.29 is 13.9 Å². The van der Waals surface area contributed by atoms with Crippen molar-refractivity contribution in [3.63, 3.8) is 0 Å². The first-order chi connectivity index (χ1) is 15.5. The van der Waals surface area contributed by atoms with E-state index in [0.717, 1.165) is 39.8 Å². The van der Waals surface area contributed by atoms with E-state index in [-0.39, 0.29) is 5.82 Å². The van der Waals surface area contributed by atoms with E-state index in [4.69, 9.17) is 21.1 Å². The van der Waals surface area contributed by atoms with E-state index in [1.807, 2.05) is 23.8 Å². The molecule has 1 aliphatic heterocycles. The first-order valence-electron chi connectivity index (χ1n) is 10.3. The number of methoxy groups -OCH3 is 1. The van der Waals surface area contributed by atoms with Gasteiger partial charge < -0.3 is 14.0 Å². The first-order valence-corrected chi connectivity index (χ1v) is 10.7. The van der Waals surface area contributed by atoms with Gasteiger partial charge in [0.1, 0.15) is 18.2 Å². The summed E-state index contributed by atoms with van der Waals surface area (Å²) in [6, 6.07) is 9.17. The molecule has 0 saturated carbocycles. The second-order valence-electron chi connectivity index (χ2n) is 7.90. The fourth-order valence-electron chi connectivity index (χ4n) is 4.15. The Kier molecular flexibility index (Phi) is 5.45. The molecule has 5 rings (SSSR count). The molecule has 0 radical (unpaired) electrons. The van der Waals surface area contributed by atoms with Crippen molar-refractivity contribution >= 4 is 22.5 Å². The maximum Gasteiger partial charge on any atom is 0.316 e. The SMILES string of the molecule is COc1ncc(CN2CCOc3c(Cl)cc(-n4cc(C)c5cc(F)ccc54)cc3C2)cn1. The van der Waals surface area contributed by atoms with Crippen molar-refractivity contribution in [2.75, 3.05) is 20.3 Å². The number of fused-ring (bicyclic) bond motifs is 2. The number of hydrogen-bond donors (Lipinski definition) is 0. The number of hydrogen-bond acceptors (Lipinski definition) is 5. The molecule has 0 N–H and O–H groups in total. The molecule has 0 fully saturated rings. The minimum atomic E-state index is -0.245. The molecule has 0 bridgehead atoms. The van der Waals surface area contributed by atoms with Crippen molar-refractivity contribution in [1.82, 2.24) is 19.4 Å². The zero-order valence-electron chi connectivity index (χ0n) is 17.8. The normalized spacial score (nSPS) is 14.1. The van der Waals surface area contributed by atoms with Crippen LogP contribution < -0.4 is 9.47 Å². The number of aryl methyl sites for hydroxylation is 1. The van der Waals surface area contributed by atoms with Crippen molar-refractivity contribution in [2.24, 2.45) is 0 Å². The van der Waals surface area contributed by atoms with Gasteiger partial charge >= 0.3 is 6.01 Å². The molecule has 4 aromatic rings. The summed E-state index contributed by atoms with van der Waals surface area (Å²) in [5, 5.41) is 1.45. The molecule has 164 valence electrons. The zero-order chi connectivity index (χ0) is 22.2. The molecule has 3 heterocycles. The number of ether oxygens (including phenoxy) is 2. The number of aromatic nitrogens is 3. The maximum absolute atomic E-state index is 13.8. The lowest BCUT2D eigenvalue weighted by molar-refractivity contribution is 0.219. The minimum absolute atomic E-state index is 0.245. The average Bonchev–Trinajstić information content (AvgIpc) is 2.97. The second kappa shape index (κ2) is 8.41. The van der Waals surface area contributed by atoms with Crippen LogP contribution in [0.4, 0.5) is 4.39 Å². The third-order valence-corrected chi connectivity index (χ3v) is 5.95. The third kappa shape index (κ3) is 3.89. The standard InChI is InChI=1S/C24H22ClFN4O2/c1-15-12-30(22-4-3-18(26)8-20(15)22)19-7-17-14-29(5-6-32-23(17)21(25)9-19)13-16-10-27-24(31-2)28-11-16/h3-4,7-12H,5-6,13-14H2,1-2H3. The Morgan fingerprint density at radius 2 is 2.00 bits per heavy atom. The molecule has 2 aromatic heterocycles. The van der Waals surface area contributed by atoms with Gasteiger partial charge in [0.25, 0.3) is 0 Å². The summed E-state index contributed by atoms with van der Waals surface area (Å²) in [5.74, 6) is 0.466. The van der Waals surface area contributed by atoms with E-state index in [0.29, 0.717) is 36.5 Å². The summed E-state index contributed by atoms with van der Waals surface area (Å²) in [7, 11) is 1.55. The van der Waals surface area contributed by atoms with E-state index in [1.54, 1.807) is 31.6 Å². The van der Waals surface area contributed by atoms with Gasteiger partial charge in [0.2, 0.25) is 0 Å². The number of rotatable bonds is 4. The molecule has 0 aliphatic carbocycles. The Bertz CT molecular complexity index is 1290. The van der Waals surface area contributed by atoms with Crippen molar-refractivity contribution in [3.05, 3.63) is 76.5 Å². The lowest BCUT2D eigenvalue weighted by atomic mass is 10.1. The zero-order valence-corrected chi connectivity index (χ0v) is 18.6. The topological polar surface area (TPSA) is 52.4 Å². The van der Waals surface area contributed by atoms with Crippen LogP contribution in [-0.4, -0.2) is 39.7 Å². The third-order valence-electron chi connectivity index (χ3n) is 5.67. The molecule has 0 spiro atoms. The second-order valence-corrected chi connectivity index (χ2v) is 8.30. The van der Waals surface area contributed by atoms with Gasteiger partial charge in [-0.25, -0.2) is 14.4 Å². The first kappa shape index (κ1) is 20.7. The van der Waals surface area contributed by atoms with E-state index >= 15 is 0 Å². The summed E-state index contributed by atoms with van der Waals surface area (Å²) in [6.07, 6.45) is 5.55. The highest BCUT2D eigenvalue weighted by molar-refractivity contribution is 6.32. The minimum Gasteiger partial charge on any atom is -0.490 e. The Labute approximate surface area is 190 Å². The van der Waals surface area contributed by atoms with Gasteiger partial charge in [-0.2, -0.15) is 0 Å². The monoisotopic (exact) mass is 452 g/mol. The lowest BCUT2D eigenvalue weighted by Gasteiger charge is -2.19. The van der Waals surface area contributed by atoms with Crippen LogP contribution in [0, 0.1) is 12.7 Å². The number of benzene rings is 2. The van der Waals surface area contributed by atoms with Gasteiger partial charge in [-0.3, -0.25) is 4.90 Å². The van der Waals surface area contributed by atoms with Gasteiger partial charge in [-0.05, 0) is 42.8 Å². The Hall–Kier alpha value is -3.16. The summed E-state index contributed by atoms with van der Waals surface area (Å²) < 4.78 is 26.8. The quantitative estimate of drug-likeness (QED) is 0.439. The molecular weight excluding hydrogens is 431 g/mol. The van der Waals surface area contributed by atoms with Gasteiger partial charge in [-0.15, -0.1) is 0 Å². The van der Waals surface area contributed by atoms with Crippen molar-refractivity contribution in [2.45, 2.75) is 20.0 Å². The molecule has 0 unspecified atom stereocenters. The number of nitrogens with zero attached hydrogens (tertiary/aromatic N) is 4. The smallest absolute Gasteiger partial charge is 0.316 e. The van der Waals surface area contributed by atoms with E-state index < -0.39 is 0 Å². The molecule has 32 heavy (non-hydrogen) atoms. The molecule has 6 nitrogen and oxygen atoms in total. The van der Waals surface area contributed by atoms with Crippen LogP contribution in [0.25, 0.3) is 16.6 Å². The van der Waals surface area contributed by atoms with Gasteiger partial charge in [-0.1, -0.05) is 11.6 Å². The fourth-order valence-corrected chi connectivity index (χ4v) is 4.44. The van der Waals surface area contributed by atoms with Gasteiger partial charge in [0.15, 0.2) is 0 Å². The summed E-state index contributed by atoms with van der Waals surface area (Å²) >= 11 is 6.64. The molecule has 0 atom stereocenters. The Morgan fingerprint density at radius 1 is 1.19 bits per heavy atom. The van der Waals surface area contributed by atoms with Crippen LogP contribution >= 0.6 is 11.6 Å². The number of halogens is 2. The van der Waals surface area contributed by atoms with Crippen LogP contribution in [0.3, 0.4) is 0 Å². The summed E-state index contributed by atoms with van der Waals surface area (Å²) in [4.78, 5) is 10.7. The van der Waals surface area contributed by atoms with Crippen LogP contribution in [0.1, 0.15) is 16.7 Å². The average molecular weight is 453 g/mol. The van der Waals surface area contributed by atoms with Crippen molar-refractivity contribution in [1.29, 1.82) is 0 Å². The Morgan fingerprint density at radius 3 is 2.78 bits per heavy atom. The maximum atomic E-state index is 13.8. The fraction of sp³-hybridized carbons (Fsp3) is 0.250. The molecule has 0 saturated heterocycles.